The molecule has 1 fully saturated rings. The van der Waals surface area contributed by atoms with Gasteiger partial charge in [0.1, 0.15) is 24.3 Å². The van der Waals surface area contributed by atoms with Gasteiger partial charge in [0.25, 0.3) is 5.91 Å². The van der Waals surface area contributed by atoms with E-state index in [-0.39, 0.29) is 18.3 Å². The Morgan fingerprint density at radius 3 is 2.44 bits per heavy atom. The van der Waals surface area contributed by atoms with Crippen molar-refractivity contribution in [3.63, 3.8) is 0 Å². The van der Waals surface area contributed by atoms with Gasteiger partial charge in [0, 0.05) is 38.3 Å². The van der Waals surface area contributed by atoms with Gasteiger partial charge in [-0.2, -0.15) is 0 Å². The summed E-state index contributed by atoms with van der Waals surface area (Å²) in [6.07, 6.45) is -0.594. The molecule has 0 bridgehead atoms. The van der Waals surface area contributed by atoms with E-state index < -0.39 is 6.10 Å². The second-order valence-corrected chi connectivity index (χ2v) is 6.83. The maximum absolute atomic E-state index is 13.0. The zero-order valence-corrected chi connectivity index (χ0v) is 15.5. The number of benzene rings is 2. The van der Waals surface area contributed by atoms with Crippen molar-refractivity contribution in [2.45, 2.75) is 13.0 Å². The first-order valence-corrected chi connectivity index (χ1v) is 9.16. The molecule has 1 aliphatic rings. The maximum Gasteiger partial charge on any atom is 0.253 e. The van der Waals surface area contributed by atoms with E-state index in [1.165, 1.54) is 24.3 Å². The van der Waals surface area contributed by atoms with Crippen molar-refractivity contribution in [2.24, 2.45) is 0 Å². The van der Waals surface area contributed by atoms with Gasteiger partial charge in [0.05, 0.1) is 0 Å². The normalized spacial score (nSPS) is 16.2. The highest BCUT2D eigenvalue weighted by Gasteiger charge is 2.23. The van der Waals surface area contributed by atoms with Crippen LogP contribution in [0.2, 0.25) is 0 Å². The summed E-state index contributed by atoms with van der Waals surface area (Å²) in [6, 6.07) is 13.3. The van der Waals surface area contributed by atoms with Crippen LogP contribution in [0.3, 0.4) is 0 Å². The molecule has 2 aromatic carbocycles. The van der Waals surface area contributed by atoms with E-state index in [0.29, 0.717) is 38.3 Å². The minimum Gasteiger partial charge on any atom is -0.491 e. The SMILES string of the molecule is Cc1ccccc1OCC(O)CN1CCN(C(=O)c2ccc(F)cc2)CC1. The van der Waals surface area contributed by atoms with Gasteiger partial charge in [0.15, 0.2) is 0 Å². The standard InChI is InChI=1S/C21H25FN2O3/c1-16-4-2-3-5-20(16)27-15-19(25)14-23-10-12-24(13-11-23)21(26)17-6-8-18(22)9-7-17/h2-9,19,25H,10-15H2,1H3. The van der Waals surface area contributed by atoms with Gasteiger partial charge in [-0.1, -0.05) is 18.2 Å². The molecular weight excluding hydrogens is 347 g/mol. The summed E-state index contributed by atoms with van der Waals surface area (Å²) >= 11 is 0. The highest BCUT2D eigenvalue weighted by molar-refractivity contribution is 5.94. The number of hydrogen-bond donors (Lipinski definition) is 1. The van der Waals surface area contributed by atoms with Crippen LogP contribution in [0, 0.1) is 12.7 Å². The van der Waals surface area contributed by atoms with E-state index in [1.807, 2.05) is 31.2 Å². The van der Waals surface area contributed by atoms with Gasteiger partial charge >= 0.3 is 0 Å². The fourth-order valence-electron chi connectivity index (χ4n) is 3.16. The number of halogens is 1. The zero-order chi connectivity index (χ0) is 19.2. The first kappa shape index (κ1) is 19.3. The molecule has 3 rings (SSSR count). The third-order valence-corrected chi connectivity index (χ3v) is 4.74. The van der Waals surface area contributed by atoms with Crippen LogP contribution in [-0.2, 0) is 0 Å². The van der Waals surface area contributed by atoms with Crippen LogP contribution in [0.25, 0.3) is 0 Å². The number of nitrogens with zero attached hydrogens (tertiary/aromatic N) is 2. The molecule has 0 aliphatic carbocycles. The van der Waals surface area contributed by atoms with E-state index in [2.05, 4.69) is 4.90 Å². The Morgan fingerprint density at radius 2 is 1.78 bits per heavy atom. The Kier molecular flexibility index (Phi) is 6.42. The van der Waals surface area contributed by atoms with E-state index >= 15 is 0 Å². The van der Waals surface area contributed by atoms with Crippen molar-refractivity contribution in [1.82, 2.24) is 9.80 Å². The van der Waals surface area contributed by atoms with E-state index in [0.717, 1.165) is 11.3 Å². The van der Waals surface area contributed by atoms with Crippen molar-refractivity contribution in [3.8, 4) is 5.75 Å². The predicted molar refractivity (Wildman–Crippen MR) is 101 cm³/mol. The minimum atomic E-state index is -0.594. The average molecular weight is 372 g/mol. The topological polar surface area (TPSA) is 53.0 Å². The Hall–Kier alpha value is -2.44. The number of carbonyl (C=O) groups is 1. The molecule has 1 saturated heterocycles. The lowest BCUT2D eigenvalue weighted by Gasteiger charge is -2.35. The Morgan fingerprint density at radius 1 is 1.11 bits per heavy atom. The first-order valence-electron chi connectivity index (χ1n) is 9.16. The third kappa shape index (κ3) is 5.28. The second-order valence-electron chi connectivity index (χ2n) is 6.83. The van der Waals surface area contributed by atoms with Gasteiger partial charge < -0.3 is 14.7 Å². The molecule has 1 heterocycles. The quantitative estimate of drug-likeness (QED) is 0.846. The third-order valence-electron chi connectivity index (χ3n) is 4.74. The Balaban J connectivity index is 1.43. The zero-order valence-electron chi connectivity index (χ0n) is 15.5. The average Bonchev–Trinajstić information content (AvgIpc) is 2.68. The van der Waals surface area contributed by atoms with Crippen LogP contribution in [0.1, 0.15) is 15.9 Å². The molecule has 1 N–H and O–H groups in total. The minimum absolute atomic E-state index is 0.0851. The van der Waals surface area contributed by atoms with Crippen LogP contribution < -0.4 is 4.74 Å². The van der Waals surface area contributed by atoms with E-state index in [1.54, 1.807) is 4.90 Å². The summed E-state index contributed by atoms with van der Waals surface area (Å²) in [5.41, 5.74) is 1.54. The van der Waals surface area contributed by atoms with Gasteiger partial charge in [-0.05, 0) is 42.8 Å². The largest absolute Gasteiger partial charge is 0.491 e. The number of ether oxygens (including phenoxy) is 1. The van der Waals surface area contributed by atoms with Crippen LogP contribution in [0.4, 0.5) is 4.39 Å². The Bertz CT molecular complexity index is 758. The number of rotatable bonds is 6. The highest BCUT2D eigenvalue weighted by Crippen LogP contribution is 2.16. The summed E-state index contributed by atoms with van der Waals surface area (Å²) in [7, 11) is 0. The van der Waals surface area contributed by atoms with E-state index in [9.17, 15) is 14.3 Å². The lowest BCUT2D eigenvalue weighted by atomic mass is 10.1. The number of amides is 1. The maximum atomic E-state index is 13.0. The van der Waals surface area contributed by atoms with Crippen molar-refractivity contribution >= 4 is 5.91 Å². The molecule has 0 saturated carbocycles. The molecule has 2 aromatic rings. The van der Waals surface area contributed by atoms with Crippen molar-refractivity contribution < 1.29 is 19.0 Å². The first-order chi connectivity index (χ1) is 13.0. The van der Waals surface area contributed by atoms with Crippen LogP contribution in [0.15, 0.2) is 48.5 Å². The number of aliphatic hydroxyl groups excluding tert-OH is 1. The molecule has 0 spiro atoms. The Labute approximate surface area is 159 Å². The van der Waals surface area contributed by atoms with Crippen molar-refractivity contribution in [1.29, 1.82) is 0 Å². The predicted octanol–water partition coefficient (Wildman–Crippen LogP) is 2.33. The highest BCUT2D eigenvalue weighted by atomic mass is 19.1. The van der Waals surface area contributed by atoms with Crippen LogP contribution in [-0.4, -0.2) is 66.2 Å². The van der Waals surface area contributed by atoms with Crippen molar-refractivity contribution in [3.05, 3.63) is 65.5 Å². The lowest BCUT2D eigenvalue weighted by molar-refractivity contribution is 0.0403. The summed E-state index contributed by atoms with van der Waals surface area (Å²) < 4.78 is 18.7. The lowest BCUT2D eigenvalue weighted by Crippen LogP contribution is -2.51. The van der Waals surface area contributed by atoms with Crippen LogP contribution in [0.5, 0.6) is 5.75 Å². The number of piperazine rings is 1. The number of para-hydroxylation sites is 1. The van der Waals surface area contributed by atoms with Gasteiger partial charge in [0.2, 0.25) is 0 Å². The van der Waals surface area contributed by atoms with Gasteiger partial charge in [-0.15, -0.1) is 0 Å². The number of aliphatic hydroxyl groups is 1. The molecule has 0 radical (unpaired) electrons. The fourth-order valence-corrected chi connectivity index (χ4v) is 3.16. The molecular formula is C21H25FN2O3. The molecule has 0 aromatic heterocycles. The van der Waals surface area contributed by atoms with Crippen LogP contribution >= 0.6 is 0 Å². The molecule has 1 atom stereocenters. The summed E-state index contributed by atoms with van der Waals surface area (Å²) in [5.74, 6) is 0.350. The number of hydrogen-bond acceptors (Lipinski definition) is 4. The molecule has 27 heavy (non-hydrogen) atoms. The molecule has 1 unspecified atom stereocenters. The van der Waals surface area contributed by atoms with Crippen molar-refractivity contribution in [2.75, 3.05) is 39.3 Å². The molecule has 5 nitrogen and oxygen atoms in total. The van der Waals surface area contributed by atoms with Gasteiger partial charge in [-0.3, -0.25) is 9.69 Å². The molecule has 1 amide bonds. The molecule has 1 aliphatic heterocycles. The second kappa shape index (κ2) is 8.97. The number of aryl methyl sites for hydroxylation is 1. The fraction of sp³-hybridized carbons (Fsp3) is 0.381. The smallest absolute Gasteiger partial charge is 0.253 e. The molecule has 6 heteroatoms. The summed E-state index contributed by atoms with van der Waals surface area (Å²) in [5, 5.41) is 10.2. The van der Waals surface area contributed by atoms with Gasteiger partial charge in [-0.25, -0.2) is 4.39 Å². The monoisotopic (exact) mass is 372 g/mol. The summed E-state index contributed by atoms with van der Waals surface area (Å²) in [6.45, 7) is 5.26. The molecule has 144 valence electrons. The van der Waals surface area contributed by atoms with E-state index in [4.69, 9.17) is 4.74 Å². The number of β-amino-alcohol motifs (C(OH)–C–C–N with tert-alkyl or cyclic N) is 1. The number of carbonyl (C=O) groups excluding carboxylic acids is 1. The summed E-state index contributed by atoms with van der Waals surface area (Å²) in [4.78, 5) is 16.3.